The third-order valence-corrected chi connectivity index (χ3v) is 2.14. The van der Waals surface area contributed by atoms with E-state index in [1.165, 1.54) is 14.0 Å². The summed E-state index contributed by atoms with van der Waals surface area (Å²) < 4.78 is 0. The van der Waals surface area contributed by atoms with E-state index in [1.807, 2.05) is 0 Å². The number of hydrogen-bond donors (Lipinski definition) is 2. The number of rotatable bonds is 7. The van der Waals surface area contributed by atoms with Gasteiger partial charge in [-0.05, 0) is 20.4 Å². The van der Waals surface area contributed by atoms with Crippen molar-refractivity contribution < 1.29 is 14.4 Å². The van der Waals surface area contributed by atoms with Crippen molar-refractivity contribution in [2.45, 2.75) is 32.2 Å². The van der Waals surface area contributed by atoms with Crippen LogP contribution in [0.1, 0.15) is 26.2 Å². The highest BCUT2D eigenvalue weighted by Crippen LogP contribution is 2.03. The lowest BCUT2D eigenvalue weighted by Gasteiger charge is -2.13. The van der Waals surface area contributed by atoms with Crippen molar-refractivity contribution in [3.05, 3.63) is 0 Å². The molecule has 0 fully saturated rings. The summed E-state index contributed by atoms with van der Waals surface area (Å²) in [5.41, 5.74) is 0. The van der Waals surface area contributed by atoms with Crippen molar-refractivity contribution in [3.8, 4) is 0 Å². The van der Waals surface area contributed by atoms with Crippen molar-refractivity contribution >= 4 is 17.5 Å². The molecular weight excluding hydrogens is 196 g/mol. The van der Waals surface area contributed by atoms with Gasteiger partial charge >= 0.3 is 0 Å². The average molecular weight is 214 g/mol. The summed E-state index contributed by atoms with van der Waals surface area (Å²) in [5.74, 6) is -0.948. The van der Waals surface area contributed by atoms with Crippen LogP contribution in [0, 0.1) is 0 Å². The molecule has 1 atom stereocenters. The standard InChI is InChI=1S/C10H18N2O3/c1-7(13)6-8(11-2)4-5-9(14)10(15)12-3/h8,11H,4-6H2,1-3H3,(H,12,15)/t8-/m0/s1. The van der Waals surface area contributed by atoms with E-state index >= 15 is 0 Å². The maximum Gasteiger partial charge on any atom is 0.287 e. The molecule has 0 aromatic heterocycles. The molecule has 0 unspecified atom stereocenters. The normalized spacial score (nSPS) is 11.9. The number of nitrogens with one attached hydrogen (secondary N) is 2. The largest absolute Gasteiger partial charge is 0.353 e. The predicted octanol–water partition coefficient (Wildman–Crippen LogP) is -0.351. The van der Waals surface area contributed by atoms with Crippen molar-refractivity contribution in [1.82, 2.24) is 10.6 Å². The minimum atomic E-state index is -0.576. The number of hydrogen-bond acceptors (Lipinski definition) is 4. The zero-order valence-electron chi connectivity index (χ0n) is 9.42. The maximum atomic E-state index is 11.2. The first-order chi connectivity index (χ1) is 7.01. The third-order valence-electron chi connectivity index (χ3n) is 2.14. The Bertz CT molecular complexity index is 251. The van der Waals surface area contributed by atoms with Gasteiger partial charge in [-0.3, -0.25) is 14.4 Å². The van der Waals surface area contributed by atoms with Gasteiger partial charge in [0, 0.05) is 25.9 Å². The van der Waals surface area contributed by atoms with Gasteiger partial charge in [0.25, 0.3) is 5.91 Å². The van der Waals surface area contributed by atoms with Gasteiger partial charge in [-0.1, -0.05) is 0 Å². The van der Waals surface area contributed by atoms with Gasteiger partial charge in [0.05, 0.1) is 0 Å². The summed E-state index contributed by atoms with van der Waals surface area (Å²) >= 11 is 0. The van der Waals surface area contributed by atoms with Gasteiger partial charge < -0.3 is 10.6 Å². The molecule has 5 nitrogen and oxygen atoms in total. The highest BCUT2D eigenvalue weighted by molar-refractivity contribution is 6.36. The average Bonchev–Trinajstić information content (AvgIpc) is 2.21. The highest BCUT2D eigenvalue weighted by Gasteiger charge is 2.15. The van der Waals surface area contributed by atoms with Crippen molar-refractivity contribution in [1.29, 1.82) is 0 Å². The van der Waals surface area contributed by atoms with Gasteiger partial charge in [0.15, 0.2) is 0 Å². The quantitative estimate of drug-likeness (QED) is 0.568. The molecule has 15 heavy (non-hydrogen) atoms. The van der Waals surface area contributed by atoms with E-state index in [9.17, 15) is 14.4 Å². The topological polar surface area (TPSA) is 75.3 Å². The number of carbonyl (C=O) groups is 3. The molecule has 0 aromatic rings. The number of carbonyl (C=O) groups excluding carboxylic acids is 3. The number of likely N-dealkylation sites (N-methyl/N-ethyl adjacent to an activating group) is 1. The molecular formula is C10H18N2O3. The molecule has 0 aliphatic carbocycles. The van der Waals surface area contributed by atoms with E-state index in [0.29, 0.717) is 12.8 Å². The third kappa shape index (κ3) is 5.96. The lowest BCUT2D eigenvalue weighted by Crippen LogP contribution is -2.31. The summed E-state index contributed by atoms with van der Waals surface area (Å²) in [5, 5.41) is 5.21. The zero-order valence-corrected chi connectivity index (χ0v) is 9.42. The van der Waals surface area contributed by atoms with Gasteiger partial charge in [-0.25, -0.2) is 0 Å². The zero-order chi connectivity index (χ0) is 11.8. The van der Waals surface area contributed by atoms with Crippen LogP contribution in [0.3, 0.4) is 0 Å². The number of ketones is 2. The smallest absolute Gasteiger partial charge is 0.287 e. The van der Waals surface area contributed by atoms with E-state index in [0.717, 1.165) is 0 Å². The van der Waals surface area contributed by atoms with Crippen molar-refractivity contribution in [3.63, 3.8) is 0 Å². The molecule has 0 heterocycles. The van der Waals surface area contributed by atoms with Crippen molar-refractivity contribution in [2.24, 2.45) is 0 Å². The molecule has 5 heteroatoms. The molecule has 0 bridgehead atoms. The van der Waals surface area contributed by atoms with Crippen molar-refractivity contribution in [2.75, 3.05) is 14.1 Å². The Labute approximate surface area is 89.6 Å². The Kier molecular flexibility index (Phi) is 6.53. The number of Topliss-reactive ketones (excluding diaryl/α,β-unsaturated/α-hetero) is 2. The molecule has 0 saturated heterocycles. The van der Waals surface area contributed by atoms with E-state index in [4.69, 9.17) is 0 Å². The second-order valence-electron chi connectivity index (χ2n) is 3.43. The molecule has 0 rings (SSSR count). The van der Waals surface area contributed by atoms with Crippen LogP contribution in [0.2, 0.25) is 0 Å². The lowest BCUT2D eigenvalue weighted by atomic mass is 10.0. The Morgan fingerprint density at radius 1 is 1.20 bits per heavy atom. The molecule has 1 amide bonds. The van der Waals surface area contributed by atoms with Gasteiger partial charge in [0.1, 0.15) is 5.78 Å². The van der Waals surface area contributed by atoms with Crippen LogP contribution in [0.25, 0.3) is 0 Å². The Morgan fingerprint density at radius 3 is 2.20 bits per heavy atom. The SMILES string of the molecule is CNC(=O)C(=O)CC[C@@H](CC(C)=O)NC. The van der Waals surface area contributed by atoms with Gasteiger partial charge in [-0.15, -0.1) is 0 Å². The summed E-state index contributed by atoms with van der Waals surface area (Å²) in [6, 6.07) is -0.0314. The monoisotopic (exact) mass is 214 g/mol. The minimum Gasteiger partial charge on any atom is -0.353 e. The van der Waals surface area contributed by atoms with Crippen LogP contribution in [-0.2, 0) is 14.4 Å². The van der Waals surface area contributed by atoms with Crippen LogP contribution in [-0.4, -0.2) is 37.6 Å². The molecule has 0 saturated carbocycles. The van der Waals surface area contributed by atoms with Gasteiger partial charge in [0.2, 0.25) is 5.78 Å². The van der Waals surface area contributed by atoms with E-state index in [-0.39, 0.29) is 18.2 Å². The maximum absolute atomic E-state index is 11.2. The van der Waals surface area contributed by atoms with Crippen LogP contribution >= 0.6 is 0 Å². The van der Waals surface area contributed by atoms with E-state index in [2.05, 4.69) is 10.6 Å². The van der Waals surface area contributed by atoms with Gasteiger partial charge in [-0.2, -0.15) is 0 Å². The summed E-state index contributed by atoms with van der Waals surface area (Å²) in [6.45, 7) is 1.50. The lowest BCUT2D eigenvalue weighted by molar-refractivity contribution is -0.137. The molecule has 0 aliphatic rings. The van der Waals surface area contributed by atoms with Crippen LogP contribution in [0.4, 0.5) is 0 Å². The Hall–Kier alpha value is -1.23. The molecule has 0 radical (unpaired) electrons. The Morgan fingerprint density at radius 2 is 1.80 bits per heavy atom. The first-order valence-corrected chi connectivity index (χ1v) is 4.92. The molecule has 0 aliphatic heterocycles. The first-order valence-electron chi connectivity index (χ1n) is 4.92. The fourth-order valence-electron chi connectivity index (χ4n) is 1.25. The number of amides is 1. The summed E-state index contributed by atoms with van der Waals surface area (Å²) in [4.78, 5) is 32.9. The molecule has 86 valence electrons. The second kappa shape index (κ2) is 7.11. The highest BCUT2D eigenvalue weighted by atomic mass is 16.2. The summed E-state index contributed by atoms with van der Waals surface area (Å²) in [6.07, 6.45) is 1.05. The fourth-order valence-corrected chi connectivity index (χ4v) is 1.25. The van der Waals surface area contributed by atoms with Crippen LogP contribution in [0.5, 0.6) is 0 Å². The molecule has 2 N–H and O–H groups in total. The minimum absolute atomic E-state index is 0.0314. The first kappa shape index (κ1) is 13.8. The fraction of sp³-hybridized carbons (Fsp3) is 0.700. The van der Waals surface area contributed by atoms with Crippen LogP contribution < -0.4 is 10.6 Å². The predicted molar refractivity (Wildman–Crippen MR) is 56.5 cm³/mol. The Balaban J connectivity index is 3.95. The molecule has 0 spiro atoms. The van der Waals surface area contributed by atoms with E-state index in [1.54, 1.807) is 7.05 Å². The summed E-state index contributed by atoms with van der Waals surface area (Å²) in [7, 11) is 3.16. The molecule has 0 aromatic carbocycles. The van der Waals surface area contributed by atoms with Crippen LogP contribution in [0.15, 0.2) is 0 Å². The van der Waals surface area contributed by atoms with E-state index < -0.39 is 11.7 Å². The second-order valence-corrected chi connectivity index (χ2v) is 3.43.